The minimum Gasteiger partial charge on any atom is -0.488 e. The Morgan fingerprint density at radius 2 is 1.83 bits per heavy atom. The summed E-state index contributed by atoms with van der Waals surface area (Å²) in [5.41, 5.74) is 5.35. The molecular formula is C22H19BrIN3O2. The molecule has 0 saturated heterocycles. The van der Waals surface area contributed by atoms with Crippen molar-refractivity contribution in [3.05, 3.63) is 92.0 Å². The second-order valence-corrected chi connectivity index (χ2v) is 8.22. The highest BCUT2D eigenvalue weighted by molar-refractivity contribution is 14.1. The molecule has 148 valence electrons. The first-order chi connectivity index (χ1) is 14.1. The molecule has 0 aromatic heterocycles. The summed E-state index contributed by atoms with van der Waals surface area (Å²) in [6.45, 7) is 0.643. The molecule has 0 saturated carbocycles. The number of anilines is 1. The zero-order valence-electron chi connectivity index (χ0n) is 15.4. The van der Waals surface area contributed by atoms with Gasteiger partial charge in [0.15, 0.2) is 0 Å². The molecule has 3 rings (SSSR count). The van der Waals surface area contributed by atoms with Gasteiger partial charge in [0, 0.05) is 9.26 Å². The van der Waals surface area contributed by atoms with Gasteiger partial charge in [0.25, 0.3) is 5.91 Å². The van der Waals surface area contributed by atoms with E-state index < -0.39 is 0 Å². The van der Waals surface area contributed by atoms with Crippen LogP contribution in [0.2, 0.25) is 0 Å². The van der Waals surface area contributed by atoms with Gasteiger partial charge in [-0.25, -0.2) is 5.43 Å². The van der Waals surface area contributed by atoms with Gasteiger partial charge in [0.1, 0.15) is 12.4 Å². The summed E-state index contributed by atoms with van der Waals surface area (Å²) in [5, 5.41) is 7.06. The Kier molecular flexibility index (Phi) is 8.06. The highest BCUT2D eigenvalue weighted by Crippen LogP contribution is 2.26. The van der Waals surface area contributed by atoms with Gasteiger partial charge in [-0.05, 0) is 92.1 Å². The molecule has 5 nitrogen and oxygen atoms in total. The number of halogens is 2. The number of amides is 1. The molecule has 0 heterocycles. The van der Waals surface area contributed by atoms with E-state index >= 15 is 0 Å². The van der Waals surface area contributed by atoms with Gasteiger partial charge in [-0.15, -0.1) is 0 Å². The summed E-state index contributed by atoms with van der Waals surface area (Å²) < 4.78 is 7.80. The minimum absolute atomic E-state index is 0.147. The first-order valence-electron chi connectivity index (χ1n) is 8.88. The van der Waals surface area contributed by atoms with Crippen molar-refractivity contribution >= 4 is 56.3 Å². The van der Waals surface area contributed by atoms with Crippen LogP contribution in [-0.2, 0) is 11.4 Å². The van der Waals surface area contributed by atoms with Gasteiger partial charge < -0.3 is 10.1 Å². The second kappa shape index (κ2) is 11.0. The third-order valence-electron chi connectivity index (χ3n) is 3.89. The Hall–Kier alpha value is -2.39. The van der Waals surface area contributed by atoms with Crippen molar-refractivity contribution in [3.63, 3.8) is 0 Å². The van der Waals surface area contributed by atoms with Gasteiger partial charge in [-0.3, -0.25) is 4.79 Å². The molecular weight excluding hydrogens is 545 g/mol. The number of nitrogens with zero attached hydrogens (tertiary/aromatic N) is 1. The third kappa shape index (κ3) is 7.17. The molecule has 0 spiro atoms. The molecule has 2 N–H and O–H groups in total. The quantitative estimate of drug-likeness (QED) is 0.225. The summed E-state index contributed by atoms with van der Waals surface area (Å²) in [7, 11) is 0. The first kappa shape index (κ1) is 21.3. The monoisotopic (exact) mass is 563 g/mol. The molecule has 1 amide bonds. The van der Waals surface area contributed by atoms with Crippen LogP contribution in [0.5, 0.6) is 5.75 Å². The Morgan fingerprint density at radius 1 is 1.07 bits per heavy atom. The van der Waals surface area contributed by atoms with Crippen molar-refractivity contribution in [2.45, 2.75) is 6.61 Å². The summed E-state index contributed by atoms with van der Waals surface area (Å²) in [6, 6.07) is 23.4. The van der Waals surface area contributed by atoms with Crippen molar-refractivity contribution < 1.29 is 9.53 Å². The van der Waals surface area contributed by atoms with E-state index in [1.54, 1.807) is 6.21 Å². The maximum atomic E-state index is 11.9. The Labute approximate surface area is 191 Å². The average molecular weight is 564 g/mol. The van der Waals surface area contributed by atoms with Crippen LogP contribution in [0.15, 0.2) is 82.4 Å². The number of benzene rings is 3. The largest absolute Gasteiger partial charge is 0.488 e. The molecule has 0 bridgehead atoms. The van der Waals surface area contributed by atoms with Crippen molar-refractivity contribution in [2.24, 2.45) is 5.10 Å². The van der Waals surface area contributed by atoms with Crippen molar-refractivity contribution in [2.75, 3.05) is 11.9 Å². The lowest BCUT2D eigenvalue weighted by Crippen LogP contribution is -2.25. The third-order valence-corrected chi connectivity index (χ3v) is 5.23. The maximum absolute atomic E-state index is 11.9. The fourth-order valence-electron chi connectivity index (χ4n) is 2.42. The topological polar surface area (TPSA) is 62.7 Å². The summed E-state index contributed by atoms with van der Waals surface area (Å²) in [5.74, 6) is 0.526. The highest BCUT2D eigenvalue weighted by Gasteiger charge is 2.03. The Balaban J connectivity index is 1.46. The van der Waals surface area contributed by atoms with Crippen LogP contribution >= 0.6 is 38.5 Å². The summed E-state index contributed by atoms with van der Waals surface area (Å²) >= 11 is 5.75. The van der Waals surface area contributed by atoms with Crippen LogP contribution in [0.1, 0.15) is 11.1 Å². The zero-order valence-corrected chi connectivity index (χ0v) is 19.2. The molecule has 0 fully saturated rings. The summed E-state index contributed by atoms with van der Waals surface area (Å²) in [6.07, 6.45) is 1.59. The van der Waals surface area contributed by atoms with Gasteiger partial charge in [0.2, 0.25) is 0 Å². The smallest absolute Gasteiger partial charge is 0.259 e. The number of ether oxygens (including phenoxy) is 1. The van der Waals surface area contributed by atoms with Gasteiger partial charge in [0.05, 0.1) is 17.2 Å². The molecule has 3 aromatic carbocycles. The van der Waals surface area contributed by atoms with Crippen molar-refractivity contribution in [1.29, 1.82) is 0 Å². The molecule has 0 aliphatic carbocycles. The number of hydrazone groups is 1. The van der Waals surface area contributed by atoms with E-state index in [1.807, 2.05) is 72.8 Å². The molecule has 3 aromatic rings. The molecule has 7 heteroatoms. The average Bonchev–Trinajstić information content (AvgIpc) is 2.73. The van der Waals surface area contributed by atoms with E-state index in [2.05, 4.69) is 54.4 Å². The highest BCUT2D eigenvalue weighted by atomic mass is 127. The van der Waals surface area contributed by atoms with Gasteiger partial charge in [-0.1, -0.05) is 30.3 Å². The van der Waals surface area contributed by atoms with E-state index in [0.717, 1.165) is 30.6 Å². The van der Waals surface area contributed by atoms with E-state index in [4.69, 9.17) is 4.74 Å². The van der Waals surface area contributed by atoms with Crippen LogP contribution in [0, 0.1) is 3.57 Å². The maximum Gasteiger partial charge on any atom is 0.259 e. The standard InChI is InChI=1S/C22H19BrIN3O2/c23-20-12-17(6-11-21(20)29-15-16-4-2-1-3-5-16)13-26-27-22(28)14-25-19-9-7-18(24)8-10-19/h1-13,25H,14-15H2,(H,27,28)/b26-13-. The predicted octanol–water partition coefficient (Wildman–Crippen LogP) is 5.19. The Morgan fingerprint density at radius 3 is 2.55 bits per heavy atom. The van der Waals surface area contributed by atoms with Crippen molar-refractivity contribution in [3.8, 4) is 5.75 Å². The normalized spacial score (nSPS) is 10.7. The second-order valence-electron chi connectivity index (χ2n) is 6.12. The van der Waals surface area contributed by atoms with Crippen LogP contribution < -0.4 is 15.5 Å². The van der Waals surface area contributed by atoms with Crippen LogP contribution in [0.3, 0.4) is 0 Å². The number of hydrogen-bond acceptors (Lipinski definition) is 4. The lowest BCUT2D eigenvalue weighted by molar-refractivity contribution is -0.119. The number of rotatable bonds is 8. The lowest BCUT2D eigenvalue weighted by Gasteiger charge is -2.09. The molecule has 0 aliphatic rings. The number of nitrogens with one attached hydrogen (secondary N) is 2. The first-order valence-corrected chi connectivity index (χ1v) is 10.7. The molecule has 0 unspecified atom stereocenters. The number of carbonyl (C=O) groups excluding carboxylic acids is 1. The van der Waals surface area contributed by atoms with Crippen LogP contribution in [0.25, 0.3) is 0 Å². The van der Waals surface area contributed by atoms with E-state index in [-0.39, 0.29) is 12.5 Å². The van der Waals surface area contributed by atoms with E-state index in [9.17, 15) is 4.79 Å². The number of hydrogen-bond donors (Lipinski definition) is 2. The molecule has 0 aliphatic heterocycles. The predicted molar refractivity (Wildman–Crippen MR) is 128 cm³/mol. The molecule has 0 radical (unpaired) electrons. The minimum atomic E-state index is -0.221. The molecule has 29 heavy (non-hydrogen) atoms. The SMILES string of the molecule is O=C(CNc1ccc(I)cc1)N/N=C\c1ccc(OCc2ccccc2)c(Br)c1. The number of carbonyl (C=O) groups is 1. The Bertz CT molecular complexity index is 979. The van der Waals surface area contributed by atoms with Crippen LogP contribution in [0.4, 0.5) is 5.69 Å². The van der Waals surface area contributed by atoms with Gasteiger partial charge in [-0.2, -0.15) is 5.10 Å². The van der Waals surface area contributed by atoms with E-state index in [1.165, 1.54) is 0 Å². The zero-order chi connectivity index (χ0) is 20.5. The summed E-state index contributed by atoms with van der Waals surface area (Å²) in [4.78, 5) is 11.9. The van der Waals surface area contributed by atoms with Crippen LogP contribution in [-0.4, -0.2) is 18.7 Å². The lowest BCUT2D eigenvalue weighted by atomic mass is 10.2. The van der Waals surface area contributed by atoms with Crippen molar-refractivity contribution in [1.82, 2.24) is 5.43 Å². The van der Waals surface area contributed by atoms with Gasteiger partial charge >= 0.3 is 0 Å². The van der Waals surface area contributed by atoms with E-state index in [0.29, 0.717) is 6.61 Å². The fourth-order valence-corrected chi connectivity index (χ4v) is 3.29. The fraction of sp³-hybridized carbons (Fsp3) is 0.0909. The molecule has 0 atom stereocenters.